The summed E-state index contributed by atoms with van der Waals surface area (Å²) < 4.78 is 63.8. The molecule has 0 aliphatic carbocycles. The number of cyclic esters (lactones) is 1. The van der Waals surface area contributed by atoms with Crippen LogP contribution in [0.4, 0.5) is 5.69 Å². The van der Waals surface area contributed by atoms with Gasteiger partial charge < -0.3 is 78.1 Å². The number of phenols is 2. The number of carbonyl (C=O) groups is 2. The lowest BCUT2D eigenvalue weighted by molar-refractivity contribution is -0.185. The molecule has 18 nitrogen and oxygen atoms in total. The number of esters is 2. The van der Waals surface area contributed by atoms with E-state index in [1.807, 2.05) is 19.1 Å². The molecule has 1 spiro atoms. The van der Waals surface area contributed by atoms with Gasteiger partial charge in [-0.2, -0.15) is 0 Å². The van der Waals surface area contributed by atoms with Gasteiger partial charge in [0.1, 0.15) is 29.6 Å². The van der Waals surface area contributed by atoms with E-state index in [1.165, 1.54) is 38.5 Å². The van der Waals surface area contributed by atoms with E-state index in [-0.39, 0.29) is 43.5 Å². The van der Waals surface area contributed by atoms with Crippen LogP contribution >= 0.6 is 12.2 Å². The van der Waals surface area contributed by atoms with Crippen LogP contribution in [0.1, 0.15) is 49.3 Å². The zero-order chi connectivity index (χ0) is 52.3. The van der Waals surface area contributed by atoms with Gasteiger partial charge in [0.2, 0.25) is 12.5 Å². The Bertz CT molecular complexity index is 3160. The molecule has 0 bridgehead atoms. The van der Waals surface area contributed by atoms with Crippen molar-refractivity contribution < 1.29 is 77.0 Å². The molecule has 6 aromatic rings. The molecular formula is C56H52N2O16S. The molecule has 1 atom stereocenters. The van der Waals surface area contributed by atoms with Crippen LogP contribution in [0.15, 0.2) is 115 Å². The van der Waals surface area contributed by atoms with Crippen molar-refractivity contribution in [1.29, 1.82) is 0 Å². The zero-order valence-electron chi connectivity index (χ0n) is 41.0. The third kappa shape index (κ3) is 10.0. The molecule has 388 valence electrons. The first-order valence-corrected chi connectivity index (χ1v) is 24.3. The first kappa shape index (κ1) is 50.5. The molecule has 5 N–H and O–H groups in total. The van der Waals surface area contributed by atoms with Crippen molar-refractivity contribution >= 4 is 40.5 Å². The van der Waals surface area contributed by atoms with Crippen molar-refractivity contribution in [2.75, 3.05) is 79.1 Å². The number of aliphatic hydroxyl groups is 1. The predicted molar refractivity (Wildman–Crippen MR) is 274 cm³/mol. The minimum atomic E-state index is -2.08. The number of phenolic OH excluding ortho intramolecular Hbond substituents is 2. The second kappa shape index (κ2) is 21.4. The lowest BCUT2D eigenvalue weighted by Gasteiger charge is -2.36. The Morgan fingerprint density at radius 2 is 1.32 bits per heavy atom. The number of fused-ring (bicyclic) bond motifs is 7. The van der Waals surface area contributed by atoms with E-state index in [0.29, 0.717) is 135 Å². The van der Waals surface area contributed by atoms with Gasteiger partial charge in [-0.05, 0) is 90.9 Å². The number of benzene rings is 6. The first-order chi connectivity index (χ1) is 36.4. The van der Waals surface area contributed by atoms with E-state index in [0.717, 1.165) is 5.56 Å². The number of aryl methyl sites for hydroxylation is 1. The number of ether oxygens (including phenoxy) is 11. The Kier molecular flexibility index (Phi) is 14.4. The van der Waals surface area contributed by atoms with Crippen LogP contribution in [-0.2, 0) is 46.3 Å². The fourth-order valence-electron chi connectivity index (χ4n) is 9.45. The Morgan fingerprint density at radius 3 is 2.01 bits per heavy atom. The summed E-state index contributed by atoms with van der Waals surface area (Å²) in [4.78, 5) is 27.2. The number of nitrogens with one attached hydrogen (secondary N) is 2. The normalized spacial score (nSPS) is 16.4. The van der Waals surface area contributed by atoms with Crippen LogP contribution in [0.5, 0.6) is 51.7 Å². The Balaban J connectivity index is 0.670. The lowest BCUT2D eigenvalue weighted by atomic mass is 9.77. The van der Waals surface area contributed by atoms with Gasteiger partial charge in [0.05, 0.1) is 65.0 Å². The molecule has 0 saturated heterocycles. The molecule has 1 unspecified atom stereocenters. The number of rotatable bonds is 20. The summed E-state index contributed by atoms with van der Waals surface area (Å²) >= 11 is 5.51. The Morgan fingerprint density at radius 1 is 0.667 bits per heavy atom. The molecule has 19 heteroatoms. The Hall–Kier alpha value is -8.07. The summed E-state index contributed by atoms with van der Waals surface area (Å²) in [7, 11) is 3.02. The summed E-state index contributed by atoms with van der Waals surface area (Å²) in [5, 5.41) is 39.2. The average molecular weight is 1040 g/mol. The second-order valence-electron chi connectivity index (χ2n) is 17.7. The van der Waals surface area contributed by atoms with E-state index in [1.54, 1.807) is 72.8 Å². The van der Waals surface area contributed by atoms with Crippen molar-refractivity contribution in [2.45, 2.75) is 24.7 Å². The second-order valence-corrected chi connectivity index (χ2v) is 18.1. The van der Waals surface area contributed by atoms with Gasteiger partial charge in [0.25, 0.3) is 5.79 Å². The minimum absolute atomic E-state index is 0.0263. The zero-order valence-corrected chi connectivity index (χ0v) is 41.8. The van der Waals surface area contributed by atoms with Gasteiger partial charge in [-0.3, -0.25) is 0 Å². The van der Waals surface area contributed by atoms with Crippen molar-refractivity contribution in [2.24, 2.45) is 0 Å². The maximum Gasteiger partial charge on any atom is 0.342 e. The number of methoxy groups -OCH3 is 2. The molecule has 4 aliphatic rings. The SMILES string of the molecule is COc1cc(CC2=C(c3ccc4c(c3)OCO4)C(=O)OC2(O)c2ccc(C)cc2)cc(OCCOCCOCCOCCNC(=S)Nc2ccc3c(c2)C(=O)OC32c3ccc(O)cc3Oc3cc(O)ccc32)c1OC. The third-order valence-corrected chi connectivity index (χ3v) is 13.2. The summed E-state index contributed by atoms with van der Waals surface area (Å²) in [5.74, 6) is -0.643. The van der Waals surface area contributed by atoms with Gasteiger partial charge in [0, 0.05) is 58.6 Å². The number of anilines is 1. The van der Waals surface area contributed by atoms with Gasteiger partial charge in [0.15, 0.2) is 33.7 Å². The highest BCUT2D eigenvalue weighted by Crippen LogP contribution is 2.57. The number of hydrogen-bond acceptors (Lipinski definition) is 17. The predicted octanol–water partition coefficient (Wildman–Crippen LogP) is 7.53. The Labute approximate surface area is 436 Å². The molecule has 4 aliphatic heterocycles. The molecule has 10 rings (SSSR count). The van der Waals surface area contributed by atoms with Gasteiger partial charge in [-0.25, -0.2) is 9.59 Å². The summed E-state index contributed by atoms with van der Waals surface area (Å²) in [6, 6.07) is 30.3. The number of aromatic hydroxyl groups is 2. The van der Waals surface area contributed by atoms with E-state index in [4.69, 9.17) is 64.3 Å². The molecule has 75 heavy (non-hydrogen) atoms. The monoisotopic (exact) mass is 1040 g/mol. The number of carbonyl (C=O) groups excluding carboxylic acids is 2. The van der Waals surface area contributed by atoms with Crippen LogP contribution in [0.25, 0.3) is 5.57 Å². The average Bonchev–Trinajstić information content (AvgIpc) is 4.09. The van der Waals surface area contributed by atoms with Crippen molar-refractivity contribution in [3.8, 4) is 51.7 Å². The van der Waals surface area contributed by atoms with Gasteiger partial charge in [-0.15, -0.1) is 0 Å². The first-order valence-electron chi connectivity index (χ1n) is 23.9. The fraction of sp³-hybridized carbons (Fsp3) is 0.268. The topological polar surface area (TPSA) is 220 Å². The summed E-state index contributed by atoms with van der Waals surface area (Å²) in [6.45, 7) is 4.44. The summed E-state index contributed by atoms with van der Waals surface area (Å²) in [6.07, 6.45) is 0.0701. The standard InChI is InChI=1S/C56H52N2O16S/c1-32-4-7-35(8-5-32)56(63)43(50(53(62)74-56)34-6-15-44-47(27-34)71-31-70-44)24-33-25-48(64-2)51(65-3)49(26-33)69-23-22-68-21-20-67-19-18-66-17-16-57-54(75)58-36-9-12-40-39(28-36)52(61)73-55(40)41-13-10-37(59)29-45(41)72-46-30-38(60)11-14-42(46)55/h4-15,25-30,59-60,63H,16-24,31H2,1-3H3,(H2,57,58,75). The number of hydrogen-bond donors (Lipinski definition) is 5. The largest absolute Gasteiger partial charge is 0.508 e. The van der Waals surface area contributed by atoms with E-state index < -0.39 is 23.3 Å². The molecule has 0 amide bonds. The van der Waals surface area contributed by atoms with Crippen molar-refractivity contribution in [3.05, 3.63) is 159 Å². The van der Waals surface area contributed by atoms with Crippen LogP contribution in [0.2, 0.25) is 0 Å². The molecule has 0 aromatic heterocycles. The molecular weight excluding hydrogens is 989 g/mol. The fourth-order valence-corrected chi connectivity index (χ4v) is 9.67. The van der Waals surface area contributed by atoms with E-state index in [2.05, 4.69) is 10.6 Å². The smallest absolute Gasteiger partial charge is 0.342 e. The maximum atomic E-state index is 13.7. The van der Waals surface area contributed by atoms with Gasteiger partial charge >= 0.3 is 11.9 Å². The molecule has 6 aromatic carbocycles. The molecule has 4 heterocycles. The highest BCUT2D eigenvalue weighted by molar-refractivity contribution is 7.80. The maximum absolute atomic E-state index is 13.7. The van der Waals surface area contributed by atoms with Crippen molar-refractivity contribution in [1.82, 2.24) is 5.32 Å². The van der Waals surface area contributed by atoms with E-state index >= 15 is 0 Å². The quantitative estimate of drug-likeness (QED) is 0.0283. The highest BCUT2D eigenvalue weighted by Gasteiger charge is 2.54. The van der Waals surface area contributed by atoms with Gasteiger partial charge in [-0.1, -0.05) is 42.0 Å². The van der Waals surface area contributed by atoms with E-state index in [9.17, 15) is 24.9 Å². The van der Waals surface area contributed by atoms with Crippen LogP contribution < -0.4 is 39.1 Å². The van der Waals surface area contributed by atoms with Crippen LogP contribution in [-0.4, -0.2) is 106 Å². The molecule has 0 radical (unpaired) electrons. The number of thiocarbonyl (C=S) groups is 1. The third-order valence-electron chi connectivity index (χ3n) is 12.9. The highest BCUT2D eigenvalue weighted by atomic mass is 32.1. The molecule has 0 saturated carbocycles. The molecule has 0 fully saturated rings. The van der Waals surface area contributed by atoms with Crippen LogP contribution in [0, 0.1) is 6.92 Å². The van der Waals surface area contributed by atoms with Crippen molar-refractivity contribution in [3.63, 3.8) is 0 Å². The lowest BCUT2D eigenvalue weighted by Crippen LogP contribution is -2.33. The van der Waals surface area contributed by atoms with Crippen LogP contribution in [0.3, 0.4) is 0 Å². The summed E-state index contributed by atoms with van der Waals surface area (Å²) in [5.41, 5.74) is 4.19. The minimum Gasteiger partial charge on any atom is -0.508 e.